The van der Waals surface area contributed by atoms with E-state index in [1.165, 1.54) is 16.9 Å². The van der Waals surface area contributed by atoms with Crippen molar-refractivity contribution in [3.8, 4) is 10.8 Å². The molecule has 2 aromatic rings. The van der Waals surface area contributed by atoms with Crippen LogP contribution in [0, 0.1) is 0 Å². The van der Waals surface area contributed by atoms with Gasteiger partial charge in [-0.05, 0) is 24.1 Å². The minimum Gasteiger partial charge on any atom is -0.499 e. The van der Waals surface area contributed by atoms with Crippen molar-refractivity contribution >= 4 is 21.4 Å². The Hall–Kier alpha value is -1.22. The van der Waals surface area contributed by atoms with E-state index in [2.05, 4.69) is 6.92 Å². The number of methoxy groups -OCH3 is 1. The Morgan fingerprint density at radius 3 is 2.86 bits per heavy atom. The Morgan fingerprint density at radius 1 is 1.43 bits per heavy atom. The van der Waals surface area contributed by atoms with Gasteiger partial charge in [-0.25, -0.2) is 0 Å². The van der Waals surface area contributed by atoms with Gasteiger partial charge in [0.25, 0.3) is 0 Å². The Labute approximate surface area is 86.8 Å². The van der Waals surface area contributed by atoms with Gasteiger partial charge in [0, 0.05) is 5.39 Å². The number of ether oxygens (including phenoxy) is 1. The van der Waals surface area contributed by atoms with Gasteiger partial charge in [-0.1, -0.05) is 24.3 Å². The van der Waals surface area contributed by atoms with Crippen LogP contribution in [0.2, 0.25) is 0 Å². The van der Waals surface area contributed by atoms with Gasteiger partial charge in [0.05, 0.1) is 11.8 Å². The second-order valence-electron chi connectivity index (χ2n) is 3.11. The summed E-state index contributed by atoms with van der Waals surface area (Å²) in [6, 6.07) is 5.81. The maximum absolute atomic E-state index is 9.46. The number of hydrogen-bond donors (Lipinski definition) is 1. The standard InChI is InChI=1S/C11H12O2S/c1-3-7-4-5-9(13-2)11-8(7)6-10(12)14-11/h4-6,12H,3H2,1-2H3. The van der Waals surface area contributed by atoms with E-state index in [1.54, 1.807) is 13.2 Å². The molecule has 1 aromatic carbocycles. The molecule has 0 unspecified atom stereocenters. The van der Waals surface area contributed by atoms with E-state index in [0.717, 1.165) is 22.3 Å². The van der Waals surface area contributed by atoms with Crippen LogP contribution in [0.3, 0.4) is 0 Å². The lowest BCUT2D eigenvalue weighted by Crippen LogP contribution is -1.85. The molecule has 1 aromatic heterocycles. The fourth-order valence-corrected chi connectivity index (χ4v) is 2.55. The molecular weight excluding hydrogens is 196 g/mol. The van der Waals surface area contributed by atoms with E-state index in [1.807, 2.05) is 12.1 Å². The highest BCUT2D eigenvalue weighted by atomic mass is 32.1. The number of thiophene rings is 1. The first-order valence-electron chi connectivity index (χ1n) is 4.54. The number of hydrogen-bond acceptors (Lipinski definition) is 3. The van der Waals surface area contributed by atoms with Crippen LogP contribution >= 0.6 is 11.3 Å². The maximum atomic E-state index is 9.46. The molecule has 0 saturated carbocycles. The molecule has 0 saturated heterocycles. The maximum Gasteiger partial charge on any atom is 0.172 e. The summed E-state index contributed by atoms with van der Waals surface area (Å²) in [5, 5.41) is 10.9. The zero-order valence-electron chi connectivity index (χ0n) is 8.20. The summed E-state index contributed by atoms with van der Waals surface area (Å²) in [6.45, 7) is 2.11. The van der Waals surface area contributed by atoms with Gasteiger partial charge in [-0.3, -0.25) is 0 Å². The summed E-state index contributed by atoms with van der Waals surface area (Å²) in [5.74, 6) is 0.836. The highest BCUT2D eigenvalue weighted by Crippen LogP contribution is 2.38. The van der Waals surface area contributed by atoms with Crippen molar-refractivity contribution in [3.05, 3.63) is 23.8 Å². The van der Waals surface area contributed by atoms with Crippen molar-refractivity contribution in [3.63, 3.8) is 0 Å². The third kappa shape index (κ3) is 1.34. The molecule has 2 nitrogen and oxygen atoms in total. The molecule has 74 valence electrons. The Balaban J connectivity index is 2.77. The van der Waals surface area contributed by atoms with Crippen LogP contribution in [0.1, 0.15) is 12.5 Å². The number of aromatic hydroxyl groups is 1. The lowest BCUT2D eigenvalue weighted by molar-refractivity contribution is 0.420. The van der Waals surface area contributed by atoms with Crippen LogP contribution in [-0.4, -0.2) is 12.2 Å². The molecule has 0 radical (unpaired) electrons. The first-order chi connectivity index (χ1) is 6.76. The van der Waals surface area contributed by atoms with Gasteiger partial charge in [0.1, 0.15) is 5.75 Å². The zero-order valence-corrected chi connectivity index (χ0v) is 9.02. The van der Waals surface area contributed by atoms with Crippen molar-refractivity contribution in [1.29, 1.82) is 0 Å². The third-order valence-corrected chi connectivity index (χ3v) is 3.28. The lowest BCUT2D eigenvalue weighted by atomic mass is 10.1. The van der Waals surface area contributed by atoms with E-state index in [0.29, 0.717) is 5.06 Å². The van der Waals surface area contributed by atoms with Crippen LogP contribution < -0.4 is 4.74 Å². The van der Waals surface area contributed by atoms with Crippen LogP contribution in [0.15, 0.2) is 18.2 Å². The van der Waals surface area contributed by atoms with Gasteiger partial charge >= 0.3 is 0 Å². The first kappa shape index (κ1) is 9.34. The molecule has 14 heavy (non-hydrogen) atoms. The fraction of sp³-hybridized carbons (Fsp3) is 0.273. The summed E-state index contributed by atoms with van der Waals surface area (Å²) in [4.78, 5) is 0. The molecule has 0 amide bonds. The Morgan fingerprint density at radius 2 is 2.21 bits per heavy atom. The minimum atomic E-state index is 0.346. The number of benzene rings is 1. The van der Waals surface area contributed by atoms with Crippen molar-refractivity contribution in [2.45, 2.75) is 13.3 Å². The number of fused-ring (bicyclic) bond motifs is 1. The molecule has 0 aliphatic heterocycles. The van der Waals surface area contributed by atoms with E-state index in [4.69, 9.17) is 4.74 Å². The normalized spacial score (nSPS) is 10.7. The molecule has 0 spiro atoms. The van der Waals surface area contributed by atoms with Gasteiger partial charge in [-0.2, -0.15) is 0 Å². The summed E-state index contributed by atoms with van der Waals surface area (Å²) in [5.41, 5.74) is 1.25. The van der Waals surface area contributed by atoms with Crippen molar-refractivity contribution in [1.82, 2.24) is 0 Å². The molecule has 1 N–H and O–H groups in total. The van der Waals surface area contributed by atoms with E-state index in [9.17, 15) is 5.11 Å². The van der Waals surface area contributed by atoms with Crippen LogP contribution in [0.25, 0.3) is 10.1 Å². The van der Waals surface area contributed by atoms with Crippen LogP contribution in [0.5, 0.6) is 10.8 Å². The van der Waals surface area contributed by atoms with Gasteiger partial charge < -0.3 is 9.84 Å². The predicted octanol–water partition coefficient (Wildman–Crippen LogP) is 3.18. The molecule has 0 bridgehead atoms. The van der Waals surface area contributed by atoms with Crippen molar-refractivity contribution in [2.75, 3.05) is 7.11 Å². The molecule has 1 heterocycles. The molecule has 0 fully saturated rings. The lowest BCUT2D eigenvalue weighted by Gasteiger charge is -2.04. The zero-order chi connectivity index (χ0) is 10.1. The minimum absolute atomic E-state index is 0.346. The average Bonchev–Trinajstić information content (AvgIpc) is 2.57. The monoisotopic (exact) mass is 208 g/mol. The first-order valence-corrected chi connectivity index (χ1v) is 5.36. The molecule has 3 heteroatoms. The van der Waals surface area contributed by atoms with Gasteiger partial charge in [0.15, 0.2) is 5.06 Å². The average molecular weight is 208 g/mol. The number of aryl methyl sites for hydroxylation is 1. The fourth-order valence-electron chi connectivity index (χ4n) is 1.61. The van der Waals surface area contributed by atoms with Crippen LogP contribution in [0.4, 0.5) is 0 Å². The Bertz CT molecular complexity index is 419. The van der Waals surface area contributed by atoms with Crippen molar-refractivity contribution in [2.24, 2.45) is 0 Å². The highest BCUT2D eigenvalue weighted by molar-refractivity contribution is 7.21. The van der Waals surface area contributed by atoms with Crippen molar-refractivity contribution < 1.29 is 9.84 Å². The molecule has 0 aliphatic carbocycles. The highest BCUT2D eigenvalue weighted by Gasteiger charge is 2.09. The summed E-state index contributed by atoms with van der Waals surface area (Å²) >= 11 is 1.36. The largest absolute Gasteiger partial charge is 0.499 e. The second-order valence-corrected chi connectivity index (χ2v) is 4.14. The second kappa shape index (κ2) is 3.50. The van der Waals surface area contributed by atoms with Gasteiger partial charge in [0.2, 0.25) is 0 Å². The van der Waals surface area contributed by atoms with Crippen LogP contribution in [-0.2, 0) is 6.42 Å². The topological polar surface area (TPSA) is 29.5 Å². The predicted molar refractivity (Wildman–Crippen MR) is 59.4 cm³/mol. The smallest absolute Gasteiger partial charge is 0.172 e. The molecular formula is C11H12O2S. The van der Waals surface area contributed by atoms with E-state index in [-0.39, 0.29) is 0 Å². The Kier molecular flexibility index (Phi) is 2.33. The number of rotatable bonds is 2. The van der Waals surface area contributed by atoms with E-state index < -0.39 is 0 Å². The molecule has 0 atom stereocenters. The molecule has 0 aliphatic rings. The summed E-state index contributed by atoms with van der Waals surface area (Å²) < 4.78 is 6.27. The quantitative estimate of drug-likeness (QED) is 0.821. The molecule has 2 rings (SSSR count). The summed E-state index contributed by atoms with van der Waals surface area (Å²) in [6.07, 6.45) is 0.969. The van der Waals surface area contributed by atoms with E-state index >= 15 is 0 Å². The summed E-state index contributed by atoms with van der Waals surface area (Å²) in [7, 11) is 1.65. The third-order valence-electron chi connectivity index (χ3n) is 2.33. The van der Waals surface area contributed by atoms with Gasteiger partial charge in [-0.15, -0.1) is 0 Å². The SMILES string of the molecule is CCc1ccc(OC)c2sc(O)cc12.